The molecule has 0 aliphatic heterocycles. The van der Waals surface area contributed by atoms with Gasteiger partial charge in [-0.1, -0.05) is 30.9 Å². The van der Waals surface area contributed by atoms with Crippen molar-refractivity contribution in [2.45, 2.75) is 38.1 Å². The van der Waals surface area contributed by atoms with E-state index in [0.717, 1.165) is 12.8 Å². The molecule has 0 saturated heterocycles. The number of nitrogens with one attached hydrogen (secondary N) is 1. The Bertz CT molecular complexity index is 243. The highest BCUT2D eigenvalue weighted by molar-refractivity contribution is 6.29. The molecule has 0 aromatic carbocycles. The van der Waals surface area contributed by atoms with E-state index in [-0.39, 0.29) is 11.0 Å². The lowest BCUT2D eigenvalue weighted by Gasteiger charge is -2.22. The van der Waals surface area contributed by atoms with E-state index in [0.29, 0.717) is 6.04 Å². The van der Waals surface area contributed by atoms with Crippen molar-refractivity contribution in [1.29, 1.82) is 0 Å². The molecule has 0 aromatic rings. The third-order valence-corrected chi connectivity index (χ3v) is 2.48. The summed E-state index contributed by atoms with van der Waals surface area (Å²) < 4.78 is 0. The second-order valence-corrected chi connectivity index (χ2v) is 4.11. The van der Waals surface area contributed by atoms with Crippen molar-refractivity contribution in [3.05, 3.63) is 23.2 Å². The van der Waals surface area contributed by atoms with Crippen molar-refractivity contribution in [2.75, 3.05) is 0 Å². The van der Waals surface area contributed by atoms with Crippen LogP contribution in [0.5, 0.6) is 0 Å². The van der Waals surface area contributed by atoms with Crippen LogP contribution in [0.2, 0.25) is 0 Å². The second-order valence-electron chi connectivity index (χ2n) is 3.68. The normalized spacial score (nSPS) is 20.3. The van der Waals surface area contributed by atoms with Gasteiger partial charge >= 0.3 is 0 Å². The first-order chi connectivity index (χ1) is 7.18. The van der Waals surface area contributed by atoms with Crippen LogP contribution >= 0.6 is 11.6 Å². The number of hydrogen-bond acceptors (Lipinski definition) is 4. The summed E-state index contributed by atoms with van der Waals surface area (Å²) in [5.74, 6) is 0.268. The lowest BCUT2D eigenvalue weighted by Crippen LogP contribution is -2.32. The van der Waals surface area contributed by atoms with Crippen LogP contribution in [0.25, 0.3) is 0 Å². The largest absolute Gasteiger partial charge is 0.391 e. The first-order valence-corrected chi connectivity index (χ1v) is 5.57. The van der Waals surface area contributed by atoms with Gasteiger partial charge in [0.15, 0.2) is 0 Å². The summed E-state index contributed by atoms with van der Waals surface area (Å²) in [4.78, 5) is 5.16. The van der Waals surface area contributed by atoms with Gasteiger partial charge in [-0.2, -0.15) is 5.48 Å². The van der Waals surface area contributed by atoms with Crippen LogP contribution in [0.4, 0.5) is 0 Å². The molecule has 15 heavy (non-hydrogen) atoms. The van der Waals surface area contributed by atoms with Crippen molar-refractivity contribution in [3.8, 4) is 0 Å². The Morgan fingerprint density at radius 1 is 1.20 bits per heavy atom. The van der Waals surface area contributed by atoms with E-state index in [4.69, 9.17) is 27.9 Å². The zero-order valence-electron chi connectivity index (χ0n) is 8.71. The predicted octanol–water partition coefficient (Wildman–Crippen LogP) is 1.68. The summed E-state index contributed by atoms with van der Waals surface area (Å²) in [6.45, 7) is 0. The molecule has 0 radical (unpaired) electrons. The van der Waals surface area contributed by atoms with E-state index >= 15 is 0 Å². The molecule has 86 valence electrons. The lowest BCUT2D eigenvalue weighted by molar-refractivity contribution is 0.0591. The number of halogens is 1. The molecule has 0 aromatic heterocycles. The van der Waals surface area contributed by atoms with Gasteiger partial charge in [0.1, 0.15) is 0 Å². The Balaban J connectivity index is 2.23. The van der Waals surface area contributed by atoms with E-state index in [9.17, 15) is 0 Å². The van der Waals surface area contributed by atoms with Gasteiger partial charge in [-0.3, -0.25) is 0 Å². The summed E-state index contributed by atoms with van der Waals surface area (Å²) in [6, 6.07) is 0.406. The number of hydrogen-bond donors (Lipinski definition) is 3. The van der Waals surface area contributed by atoms with E-state index in [1.54, 1.807) is 0 Å². The minimum Gasteiger partial charge on any atom is -0.391 e. The van der Waals surface area contributed by atoms with Crippen molar-refractivity contribution in [3.63, 3.8) is 0 Å². The van der Waals surface area contributed by atoms with Crippen molar-refractivity contribution >= 4 is 11.6 Å². The molecule has 5 heteroatoms. The van der Waals surface area contributed by atoms with Gasteiger partial charge in [-0.15, -0.1) is 0 Å². The standard InChI is InChI=1S/C10H18ClN3O/c11-9(12)6-7-10(13)15-14-8-4-2-1-3-5-8/h6-8,14H,1-5,12-13H2/b9-6-,10-7+. The monoisotopic (exact) mass is 231 g/mol. The maximum Gasteiger partial charge on any atom is 0.209 e. The fourth-order valence-electron chi connectivity index (χ4n) is 1.57. The van der Waals surface area contributed by atoms with Gasteiger partial charge in [0, 0.05) is 12.1 Å². The summed E-state index contributed by atoms with van der Waals surface area (Å²) in [5, 5.41) is 0.180. The molecule has 1 saturated carbocycles. The maximum atomic E-state index is 5.56. The fourth-order valence-corrected chi connectivity index (χ4v) is 1.63. The first-order valence-electron chi connectivity index (χ1n) is 5.19. The summed E-state index contributed by atoms with van der Waals surface area (Å²) in [5.41, 5.74) is 13.7. The molecule has 5 N–H and O–H groups in total. The molecule has 0 atom stereocenters. The van der Waals surface area contributed by atoms with Gasteiger partial charge in [0.25, 0.3) is 0 Å². The zero-order valence-corrected chi connectivity index (χ0v) is 9.46. The Labute approximate surface area is 95.2 Å². The average molecular weight is 232 g/mol. The highest BCUT2D eigenvalue weighted by atomic mass is 35.5. The average Bonchev–Trinajstić information content (AvgIpc) is 2.25. The van der Waals surface area contributed by atoms with Crippen LogP contribution < -0.4 is 16.9 Å². The van der Waals surface area contributed by atoms with Crippen LogP contribution in [-0.2, 0) is 4.84 Å². The fraction of sp³-hybridized carbons (Fsp3) is 0.600. The molecule has 0 bridgehead atoms. The van der Waals surface area contributed by atoms with Gasteiger partial charge in [-0.05, 0) is 18.9 Å². The molecule has 1 fully saturated rings. The van der Waals surface area contributed by atoms with Crippen LogP contribution in [-0.4, -0.2) is 6.04 Å². The quantitative estimate of drug-likeness (QED) is 0.298. The van der Waals surface area contributed by atoms with Crippen LogP contribution in [0.3, 0.4) is 0 Å². The van der Waals surface area contributed by atoms with Gasteiger partial charge < -0.3 is 16.3 Å². The predicted molar refractivity (Wildman–Crippen MR) is 61.5 cm³/mol. The molecule has 1 aliphatic carbocycles. The van der Waals surface area contributed by atoms with Crippen molar-refractivity contribution in [1.82, 2.24) is 5.48 Å². The molecule has 0 amide bonds. The second kappa shape index (κ2) is 6.58. The number of rotatable bonds is 4. The third kappa shape index (κ3) is 5.54. The van der Waals surface area contributed by atoms with Crippen LogP contribution in [0, 0.1) is 0 Å². The summed E-state index contributed by atoms with van der Waals surface area (Å²) in [7, 11) is 0. The van der Waals surface area contributed by atoms with Crippen molar-refractivity contribution in [2.24, 2.45) is 11.5 Å². The highest BCUT2D eigenvalue weighted by Crippen LogP contribution is 2.17. The molecular formula is C10H18ClN3O. The smallest absolute Gasteiger partial charge is 0.209 e. The minimum absolute atomic E-state index is 0.180. The number of allylic oxidation sites excluding steroid dienone is 2. The van der Waals surface area contributed by atoms with E-state index in [2.05, 4.69) is 5.48 Å². The van der Waals surface area contributed by atoms with E-state index < -0.39 is 0 Å². The number of nitrogens with two attached hydrogens (primary N) is 2. The summed E-state index contributed by atoms with van der Waals surface area (Å²) >= 11 is 5.43. The Morgan fingerprint density at radius 3 is 2.47 bits per heavy atom. The molecule has 4 nitrogen and oxygen atoms in total. The van der Waals surface area contributed by atoms with Crippen LogP contribution in [0.15, 0.2) is 23.2 Å². The first kappa shape index (κ1) is 12.2. The SMILES string of the molecule is N/C(Cl)=C\C=C(/N)ONC1CCCCC1. The molecular weight excluding hydrogens is 214 g/mol. The van der Waals surface area contributed by atoms with Crippen molar-refractivity contribution < 1.29 is 4.84 Å². The Hall–Kier alpha value is -0.870. The van der Waals surface area contributed by atoms with E-state index in [1.165, 1.54) is 31.4 Å². The zero-order chi connectivity index (χ0) is 11.1. The highest BCUT2D eigenvalue weighted by Gasteiger charge is 2.13. The van der Waals surface area contributed by atoms with E-state index in [1.807, 2.05) is 0 Å². The maximum absolute atomic E-state index is 5.56. The molecule has 0 heterocycles. The van der Waals surface area contributed by atoms with Gasteiger partial charge in [-0.25, -0.2) is 0 Å². The summed E-state index contributed by atoms with van der Waals surface area (Å²) in [6.07, 6.45) is 9.10. The lowest BCUT2D eigenvalue weighted by atomic mass is 9.96. The molecule has 1 rings (SSSR count). The minimum atomic E-state index is 0.180. The molecule has 0 spiro atoms. The molecule has 0 unspecified atom stereocenters. The van der Waals surface area contributed by atoms with Gasteiger partial charge in [0.2, 0.25) is 5.88 Å². The molecule has 1 aliphatic rings. The topological polar surface area (TPSA) is 73.3 Å². The number of hydroxylamine groups is 1. The Morgan fingerprint density at radius 2 is 1.87 bits per heavy atom. The Kier molecular flexibility index (Phi) is 5.36. The van der Waals surface area contributed by atoms with Crippen LogP contribution in [0.1, 0.15) is 32.1 Å². The third-order valence-electron chi connectivity index (χ3n) is 2.36. The van der Waals surface area contributed by atoms with Gasteiger partial charge in [0.05, 0.1) is 5.16 Å².